The molecule has 112 valence electrons. The molecule has 2 aromatic carbocycles. The molecule has 1 aliphatic heterocycles. The molecule has 1 aliphatic rings. The van der Waals surface area contributed by atoms with Crippen LogP contribution in [0.3, 0.4) is 0 Å². The number of anilines is 2. The number of hydrogen-bond donors (Lipinski definition) is 2. The number of rotatable bonds is 2. The Kier molecular flexibility index (Phi) is 3.98. The Morgan fingerprint density at radius 3 is 2.77 bits per heavy atom. The van der Waals surface area contributed by atoms with Gasteiger partial charge < -0.3 is 10.6 Å². The number of fused-ring (bicyclic) bond motifs is 1. The van der Waals surface area contributed by atoms with Gasteiger partial charge in [-0.05, 0) is 60.9 Å². The highest BCUT2D eigenvalue weighted by Crippen LogP contribution is 2.25. The van der Waals surface area contributed by atoms with E-state index in [9.17, 15) is 9.59 Å². The van der Waals surface area contributed by atoms with E-state index in [2.05, 4.69) is 26.6 Å². The number of halogens is 1. The fraction of sp³-hybridized carbons (Fsp3) is 0.176. The third kappa shape index (κ3) is 3.04. The molecule has 0 fully saturated rings. The second-order valence-corrected chi connectivity index (χ2v) is 6.19. The van der Waals surface area contributed by atoms with Gasteiger partial charge in [-0.2, -0.15) is 0 Å². The maximum Gasteiger partial charge on any atom is 0.255 e. The summed E-state index contributed by atoms with van der Waals surface area (Å²) < 4.78 is 1.01. The zero-order valence-corrected chi connectivity index (χ0v) is 13.7. The molecule has 0 atom stereocenters. The topological polar surface area (TPSA) is 58.2 Å². The van der Waals surface area contributed by atoms with E-state index in [1.165, 1.54) is 0 Å². The van der Waals surface area contributed by atoms with Crippen LogP contribution in [0.2, 0.25) is 0 Å². The number of benzene rings is 2. The van der Waals surface area contributed by atoms with Crippen molar-refractivity contribution in [1.29, 1.82) is 0 Å². The van der Waals surface area contributed by atoms with E-state index < -0.39 is 0 Å². The molecule has 0 aromatic heterocycles. The van der Waals surface area contributed by atoms with E-state index in [0.717, 1.165) is 27.0 Å². The van der Waals surface area contributed by atoms with Gasteiger partial charge in [0.05, 0.1) is 0 Å². The maximum atomic E-state index is 12.4. The van der Waals surface area contributed by atoms with Gasteiger partial charge in [-0.15, -0.1) is 0 Å². The number of hydrogen-bond acceptors (Lipinski definition) is 2. The Labute approximate surface area is 137 Å². The van der Waals surface area contributed by atoms with E-state index in [1.54, 1.807) is 12.1 Å². The first kappa shape index (κ1) is 14.8. The van der Waals surface area contributed by atoms with Crippen molar-refractivity contribution in [3.63, 3.8) is 0 Å². The lowest BCUT2D eigenvalue weighted by atomic mass is 10.00. The summed E-state index contributed by atoms with van der Waals surface area (Å²) >= 11 is 3.44. The molecule has 2 aromatic rings. The molecule has 0 radical (unpaired) electrons. The largest absolute Gasteiger partial charge is 0.326 e. The van der Waals surface area contributed by atoms with Gasteiger partial charge >= 0.3 is 0 Å². The van der Waals surface area contributed by atoms with Crippen molar-refractivity contribution in [3.05, 3.63) is 57.6 Å². The Bertz CT molecular complexity index is 771. The van der Waals surface area contributed by atoms with E-state index in [-0.39, 0.29) is 11.8 Å². The predicted octanol–water partition coefficient (Wildman–Crippen LogP) is 3.89. The van der Waals surface area contributed by atoms with Crippen molar-refractivity contribution >= 4 is 39.1 Å². The lowest BCUT2D eigenvalue weighted by Crippen LogP contribution is -2.20. The van der Waals surface area contributed by atoms with Gasteiger partial charge in [-0.3, -0.25) is 9.59 Å². The maximum absolute atomic E-state index is 12.4. The monoisotopic (exact) mass is 358 g/mol. The van der Waals surface area contributed by atoms with Gasteiger partial charge in [-0.1, -0.05) is 15.9 Å². The van der Waals surface area contributed by atoms with Crippen LogP contribution in [0, 0.1) is 6.92 Å². The van der Waals surface area contributed by atoms with Crippen molar-refractivity contribution in [1.82, 2.24) is 0 Å². The van der Waals surface area contributed by atoms with Crippen molar-refractivity contribution in [2.24, 2.45) is 0 Å². The molecule has 2 N–H and O–H groups in total. The smallest absolute Gasteiger partial charge is 0.255 e. The molecule has 0 spiro atoms. The highest BCUT2D eigenvalue weighted by molar-refractivity contribution is 9.10. The summed E-state index contributed by atoms with van der Waals surface area (Å²) in [4.78, 5) is 23.7. The van der Waals surface area contributed by atoms with Crippen LogP contribution in [0.4, 0.5) is 11.4 Å². The van der Waals surface area contributed by atoms with E-state index in [1.807, 2.05) is 31.2 Å². The summed E-state index contributed by atoms with van der Waals surface area (Å²) in [7, 11) is 0. The fourth-order valence-corrected chi connectivity index (χ4v) is 2.70. The fourth-order valence-electron chi connectivity index (χ4n) is 2.45. The zero-order valence-electron chi connectivity index (χ0n) is 12.1. The third-order valence-corrected chi connectivity index (χ3v) is 4.57. The van der Waals surface area contributed by atoms with Crippen molar-refractivity contribution in [3.8, 4) is 0 Å². The first-order valence-corrected chi connectivity index (χ1v) is 7.82. The molecule has 1 heterocycles. The molecule has 0 saturated heterocycles. The molecule has 2 amide bonds. The van der Waals surface area contributed by atoms with Gasteiger partial charge in [-0.25, -0.2) is 0 Å². The number of carbonyl (C=O) groups is 2. The zero-order chi connectivity index (χ0) is 15.7. The van der Waals surface area contributed by atoms with Gasteiger partial charge in [0.2, 0.25) is 5.91 Å². The van der Waals surface area contributed by atoms with Crippen LogP contribution in [0.25, 0.3) is 0 Å². The summed E-state index contributed by atoms with van der Waals surface area (Å²) in [6.07, 6.45) is 1.13. The number of nitrogens with one attached hydrogen (secondary N) is 2. The van der Waals surface area contributed by atoms with Crippen molar-refractivity contribution < 1.29 is 9.59 Å². The Morgan fingerprint density at radius 2 is 2.00 bits per heavy atom. The first-order valence-electron chi connectivity index (χ1n) is 7.03. The molecule has 4 nitrogen and oxygen atoms in total. The second kappa shape index (κ2) is 5.93. The first-order chi connectivity index (χ1) is 10.5. The van der Waals surface area contributed by atoms with E-state index in [4.69, 9.17) is 0 Å². The average molecular weight is 359 g/mol. The lowest BCUT2D eigenvalue weighted by molar-refractivity contribution is -0.116. The quantitative estimate of drug-likeness (QED) is 0.855. The van der Waals surface area contributed by atoms with Crippen LogP contribution in [-0.2, 0) is 11.2 Å². The van der Waals surface area contributed by atoms with Gasteiger partial charge in [0.1, 0.15) is 0 Å². The number of aryl methyl sites for hydroxylation is 2. The minimum absolute atomic E-state index is 0.0232. The molecule has 3 rings (SSSR count). The third-order valence-electron chi connectivity index (χ3n) is 3.68. The van der Waals surface area contributed by atoms with Crippen molar-refractivity contribution in [2.75, 3.05) is 10.6 Å². The molecule has 0 saturated carbocycles. The highest BCUT2D eigenvalue weighted by atomic mass is 79.9. The van der Waals surface area contributed by atoms with E-state index >= 15 is 0 Å². The summed E-state index contributed by atoms with van der Waals surface area (Å²) in [5.74, 6) is -0.128. The minimum Gasteiger partial charge on any atom is -0.326 e. The van der Waals surface area contributed by atoms with Crippen LogP contribution in [0.15, 0.2) is 40.9 Å². The lowest BCUT2D eigenvalue weighted by Gasteiger charge is -2.17. The van der Waals surface area contributed by atoms with Gasteiger partial charge in [0, 0.05) is 27.8 Å². The van der Waals surface area contributed by atoms with Crippen LogP contribution in [0.5, 0.6) is 0 Å². The molecule has 5 heteroatoms. The normalized spacial score (nSPS) is 13.3. The van der Waals surface area contributed by atoms with Crippen molar-refractivity contribution in [2.45, 2.75) is 19.8 Å². The van der Waals surface area contributed by atoms with Gasteiger partial charge in [0.15, 0.2) is 0 Å². The predicted molar refractivity (Wildman–Crippen MR) is 90.2 cm³/mol. The second-order valence-electron chi connectivity index (χ2n) is 5.34. The van der Waals surface area contributed by atoms with Crippen LogP contribution < -0.4 is 10.6 Å². The number of carbonyl (C=O) groups excluding carboxylic acids is 2. The standard InChI is InChI=1S/C17H15BrN2O2/c1-10-8-13(4-5-14(10)18)19-17(22)12-2-6-15-11(9-12)3-7-16(21)20-15/h2,4-6,8-9H,3,7H2,1H3,(H,19,22)(H,20,21). The van der Waals surface area contributed by atoms with E-state index in [0.29, 0.717) is 18.4 Å². The van der Waals surface area contributed by atoms with Crippen LogP contribution >= 0.6 is 15.9 Å². The Morgan fingerprint density at radius 1 is 1.18 bits per heavy atom. The van der Waals surface area contributed by atoms with Gasteiger partial charge in [0.25, 0.3) is 5.91 Å². The summed E-state index contributed by atoms with van der Waals surface area (Å²) in [6.45, 7) is 1.97. The molecular weight excluding hydrogens is 344 g/mol. The summed E-state index contributed by atoms with van der Waals surface area (Å²) in [5.41, 5.74) is 4.21. The molecule has 0 unspecified atom stereocenters. The highest BCUT2D eigenvalue weighted by Gasteiger charge is 2.16. The Hall–Kier alpha value is -2.14. The Balaban J connectivity index is 1.80. The van der Waals surface area contributed by atoms with Crippen LogP contribution in [0.1, 0.15) is 27.9 Å². The summed E-state index contributed by atoms with van der Waals surface area (Å²) in [6, 6.07) is 11.0. The number of amides is 2. The molecule has 0 aliphatic carbocycles. The minimum atomic E-state index is -0.151. The molecule has 0 bridgehead atoms. The van der Waals surface area contributed by atoms with Crippen LogP contribution in [-0.4, -0.2) is 11.8 Å². The summed E-state index contributed by atoms with van der Waals surface area (Å²) in [5, 5.41) is 5.71. The SMILES string of the molecule is Cc1cc(NC(=O)c2ccc3c(c2)CCC(=O)N3)ccc1Br. The molecular formula is C17H15BrN2O2. The average Bonchev–Trinajstić information content (AvgIpc) is 2.50. The molecule has 22 heavy (non-hydrogen) atoms.